The van der Waals surface area contributed by atoms with Gasteiger partial charge >= 0.3 is 0 Å². The number of Topliss-reactive ketones (excluding diaryl/α,β-unsaturated/α-hetero) is 1. The molecule has 0 amide bonds. The van der Waals surface area contributed by atoms with Crippen molar-refractivity contribution < 1.29 is 9.53 Å². The summed E-state index contributed by atoms with van der Waals surface area (Å²) in [7, 11) is 1.62. The molecule has 0 aliphatic carbocycles. The summed E-state index contributed by atoms with van der Waals surface area (Å²) in [4.78, 5) is 12.4. The van der Waals surface area contributed by atoms with E-state index in [4.69, 9.17) is 16.3 Å². The van der Waals surface area contributed by atoms with Gasteiger partial charge in [-0.25, -0.2) is 0 Å². The number of aromatic nitrogens is 2. The predicted octanol–water partition coefficient (Wildman–Crippen LogP) is 3.83. The van der Waals surface area contributed by atoms with Crippen molar-refractivity contribution in [1.82, 2.24) is 9.78 Å². The summed E-state index contributed by atoms with van der Waals surface area (Å²) in [5.41, 5.74) is 0.726. The summed E-state index contributed by atoms with van der Waals surface area (Å²) in [6.07, 6.45) is 3.02. The highest BCUT2D eigenvalue weighted by atomic mass is 35.5. The quantitative estimate of drug-likeness (QED) is 0.719. The zero-order chi connectivity index (χ0) is 15.3. The summed E-state index contributed by atoms with van der Waals surface area (Å²) in [6.45, 7) is 9.71. The molecule has 0 saturated heterocycles. The Kier molecular flexibility index (Phi) is 6.21. The lowest BCUT2D eigenvalue weighted by Crippen LogP contribution is -2.18. The number of carbonyl (C=O) groups is 1. The van der Waals surface area contributed by atoms with Gasteiger partial charge in [0.05, 0.1) is 24.4 Å². The van der Waals surface area contributed by atoms with Crippen molar-refractivity contribution >= 4 is 17.4 Å². The van der Waals surface area contributed by atoms with E-state index in [1.165, 1.54) is 6.20 Å². The fraction of sp³-hybridized carbons (Fsp3) is 0.733. The highest BCUT2D eigenvalue weighted by Crippen LogP contribution is 2.28. The van der Waals surface area contributed by atoms with Crippen molar-refractivity contribution in [1.29, 1.82) is 0 Å². The van der Waals surface area contributed by atoms with Crippen LogP contribution in [0.2, 0.25) is 5.02 Å². The van der Waals surface area contributed by atoms with E-state index < -0.39 is 0 Å². The lowest BCUT2D eigenvalue weighted by molar-refractivity contribution is 0.0940. The molecule has 0 fully saturated rings. The van der Waals surface area contributed by atoms with Crippen LogP contribution in [0.5, 0.6) is 0 Å². The maximum absolute atomic E-state index is 12.4. The molecule has 114 valence electrons. The van der Waals surface area contributed by atoms with Gasteiger partial charge in [-0.2, -0.15) is 5.10 Å². The van der Waals surface area contributed by atoms with Crippen LogP contribution in [0.15, 0.2) is 6.20 Å². The third-order valence-corrected chi connectivity index (χ3v) is 3.34. The highest BCUT2D eigenvalue weighted by Gasteiger charge is 2.22. The minimum Gasteiger partial charge on any atom is -0.383 e. The Labute approximate surface area is 126 Å². The summed E-state index contributed by atoms with van der Waals surface area (Å²) >= 11 is 6.09. The van der Waals surface area contributed by atoms with Gasteiger partial charge in [-0.15, -0.1) is 0 Å². The number of hydrogen-bond acceptors (Lipinski definition) is 3. The molecule has 5 heteroatoms. The Balaban J connectivity index is 2.74. The number of nitrogens with zero attached hydrogens (tertiary/aromatic N) is 2. The summed E-state index contributed by atoms with van der Waals surface area (Å²) < 4.78 is 6.66. The van der Waals surface area contributed by atoms with Gasteiger partial charge in [-0.3, -0.25) is 9.48 Å². The average molecular weight is 301 g/mol. The summed E-state index contributed by atoms with van der Waals surface area (Å²) in [6, 6.07) is 0. The van der Waals surface area contributed by atoms with Crippen molar-refractivity contribution in [2.24, 2.45) is 11.3 Å². The molecule has 1 unspecified atom stereocenters. The largest absolute Gasteiger partial charge is 0.383 e. The molecule has 0 aliphatic heterocycles. The average Bonchev–Trinajstić information content (AvgIpc) is 2.65. The topological polar surface area (TPSA) is 44.1 Å². The van der Waals surface area contributed by atoms with Crippen molar-refractivity contribution in [3.05, 3.63) is 16.9 Å². The number of ether oxygens (including phenoxy) is 1. The zero-order valence-electron chi connectivity index (χ0n) is 13.1. The van der Waals surface area contributed by atoms with Crippen LogP contribution >= 0.6 is 11.6 Å². The lowest BCUT2D eigenvalue weighted by atomic mass is 9.83. The van der Waals surface area contributed by atoms with Gasteiger partial charge in [0.1, 0.15) is 5.69 Å². The Hall–Kier alpha value is -0.870. The van der Waals surface area contributed by atoms with Crippen LogP contribution in [-0.4, -0.2) is 29.3 Å². The van der Waals surface area contributed by atoms with Gasteiger partial charge in [-0.05, 0) is 17.8 Å². The molecule has 4 nitrogen and oxygen atoms in total. The van der Waals surface area contributed by atoms with Crippen LogP contribution in [0, 0.1) is 11.3 Å². The first-order valence-corrected chi connectivity index (χ1v) is 7.36. The van der Waals surface area contributed by atoms with E-state index in [-0.39, 0.29) is 11.2 Å². The first-order chi connectivity index (χ1) is 9.24. The molecule has 1 aromatic heterocycles. The third-order valence-electron chi connectivity index (χ3n) is 3.06. The monoisotopic (exact) mass is 300 g/mol. The van der Waals surface area contributed by atoms with Crippen molar-refractivity contribution in [3.8, 4) is 0 Å². The molecule has 0 aliphatic rings. The first kappa shape index (κ1) is 17.2. The Morgan fingerprint density at radius 2 is 2.15 bits per heavy atom. The van der Waals surface area contributed by atoms with Crippen LogP contribution in [-0.2, 0) is 11.3 Å². The van der Waals surface area contributed by atoms with E-state index in [0.717, 1.165) is 6.42 Å². The highest BCUT2D eigenvalue weighted by molar-refractivity contribution is 6.33. The fourth-order valence-electron chi connectivity index (χ4n) is 2.52. The van der Waals surface area contributed by atoms with Gasteiger partial charge in [0.2, 0.25) is 0 Å². The van der Waals surface area contributed by atoms with Crippen LogP contribution < -0.4 is 0 Å². The summed E-state index contributed by atoms with van der Waals surface area (Å²) in [5, 5.41) is 4.57. The van der Waals surface area contributed by atoms with Crippen LogP contribution in [0.4, 0.5) is 0 Å². The molecule has 20 heavy (non-hydrogen) atoms. The molecule has 0 aromatic carbocycles. The lowest BCUT2D eigenvalue weighted by Gasteiger charge is -2.22. The summed E-state index contributed by atoms with van der Waals surface area (Å²) in [5.74, 6) is 0.379. The smallest absolute Gasteiger partial charge is 0.182 e. The minimum absolute atomic E-state index is 0.0559. The van der Waals surface area contributed by atoms with Gasteiger partial charge in [-0.1, -0.05) is 39.3 Å². The van der Waals surface area contributed by atoms with E-state index in [2.05, 4.69) is 32.8 Å². The van der Waals surface area contributed by atoms with E-state index in [9.17, 15) is 4.79 Å². The zero-order valence-corrected chi connectivity index (χ0v) is 13.8. The molecular formula is C15H25ClN2O2. The van der Waals surface area contributed by atoms with Crippen molar-refractivity contribution in [3.63, 3.8) is 0 Å². The molecule has 0 spiro atoms. The second-order valence-electron chi connectivity index (χ2n) is 6.55. The number of carbonyl (C=O) groups excluding carboxylic acids is 1. The Morgan fingerprint density at radius 1 is 1.50 bits per heavy atom. The number of ketones is 1. The fourth-order valence-corrected chi connectivity index (χ4v) is 2.76. The molecule has 1 heterocycles. The van der Waals surface area contributed by atoms with Crippen molar-refractivity contribution in [2.45, 2.75) is 47.1 Å². The van der Waals surface area contributed by atoms with Gasteiger partial charge in [0.25, 0.3) is 0 Å². The maximum atomic E-state index is 12.4. The molecule has 1 atom stereocenters. The van der Waals surface area contributed by atoms with Crippen LogP contribution in [0.1, 0.15) is 51.0 Å². The second-order valence-corrected chi connectivity index (χ2v) is 6.96. The SMILES string of the molecule is COCCn1ncc(Cl)c1C(=O)CC(C)CC(C)(C)C. The van der Waals surface area contributed by atoms with E-state index >= 15 is 0 Å². The molecule has 0 saturated carbocycles. The van der Waals surface area contributed by atoms with Crippen LogP contribution in [0.25, 0.3) is 0 Å². The van der Waals surface area contributed by atoms with Gasteiger partial charge < -0.3 is 4.74 Å². The normalized spacial score (nSPS) is 13.5. The molecule has 1 aromatic rings. The molecule has 0 N–H and O–H groups in total. The molecule has 0 radical (unpaired) electrons. The number of hydrogen-bond donors (Lipinski definition) is 0. The maximum Gasteiger partial charge on any atom is 0.182 e. The van der Waals surface area contributed by atoms with Gasteiger partial charge in [0, 0.05) is 13.5 Å². The standard InChI is InChI=1S/C15H25ClN2O2/c1-11(9-15(2,3)4)8-13(19)14-12(16)10-17-18(14)6-7-20-5/h10-11H,6-9H2,1-5H3. The Bertz CT molecular complexity index is 449. The van der Waals surface area contributed by atoms with E-state index in [1.807, 2.05) is 0 Å². The number of methoxy groups -OCH3 is 1. The molecule has 0 bridgehead atoms. The predicted molar refractivity (Wildman–Crippen MR) is 81.3 cm³/mol. The molecular weight excluding hydrogens is 276 g/mol. The first-order valence-electron chi connectivity index (χ1n) is 6.98. The van der Waals surface area contributed by atoms with E-state index in [1.54, 1.807) is 11.8 Å². The minimum atomic E-state index is 0.0559. The van der Waals surface area contributed by atoms with Gasteiger partial charge in [0.15, 0.2) is 5.78 Å². The van der Waals surface area contributed by atoms with Crippen LogP contribution in [0.3, 0.4) is 0 Å². The third kappa shape index (κ3) is 5.25. The van der Waals surface area contributed by atoms with Crippen molar-refractivity contribution in [2.75, 3.05) is 13.7 Å². The molecule has 1 rings (SSSR count). The second kappa shape index (κ2) is 7.23. The number of rotatable bonds is 7. The Morgan fingerprint density at radius 3 is 2.70 bits per heavy atom. The number of halogens is 1. The van der Waals surface area contributed by atoms with E-state index in [0.29, 0.717) is 36.2 Å².